The number of piperidine rings is 1. The number of ether oxygens (including phenoxy) is 1. The molecule has 4 heterocycles. The van der Waals surface area contributed by atoms with Crippen LogP contribution >= 0.6 is 0 Å². The monoisotopic (exact) mass is 449 g/mol. The summed E-state index contributed by atoms with van der Waals surface area (Å²) in [6.45, 7) is 3.16. The lowest BCUT2D eigenvalue weighted by atomic mass is 9.84. The van der Waals surface area contributed by atoms with E-state index in [2.05, 4.69) is 4.98 Å². The van der Waals surface area contributed by atoms with Crippen LogP contribution in [0, 0.1) is 17.7 Å². The van der Waals surface area contributed by atoms with Crippen LogP contribution in [0.5, 0.6) is 5.75 Å². The number of fused-ring (bicyclic) bond motifs is 1. The summed E-state index contributed by atoms with van der Waals surface area (Å²) < 4.78 is 19.3. The largest absolute Gasteiger partial charge is 0.488 e. The summed E-state index contributed by atoms with van der Waals surface area (Å²) in [5.74, 6) is 1.16. The van der Waals surface area contributed by atoms with Gasteiger partial charge in [-0.25, -0.2) is 4.39 Å². The van der Waals surface area contributed by atoms with Crippen molar-refractivity contribution in [2.75, 3.05) is 32.8 Å². The lowest BCUT2D eigenvalue weighted by molar-refractivity contribution is -0.133. The Morgan fingerprint density at radius 3 is 2.79 bits per heavy atom. The van der Waals surface area contributed by atoms with E-state index in [9.17, 15) is 14.0 Å². The Hall–Kier alpha value is -3.22. The smallest absolute Gasteiger partial charge is 0.253 e. The van der Waals surface area contributed by atoms with Crippen LogP contribution < -0.4 is 4.74 Å². The molecule has 5 rings (SSSR count). The van der Waals surface area contributed by atoms with Crippen molar-refractivity contribution < 1.29 is 18.7 Å². The van der Waals surface area contributed by atoms with Crippen molar-refractivity contribution >= 4 is 17.9 Å². The van der Waals surface area contributed by atoms with Gasteiger partial charge in [0.1, 0.15) is 18.2 Å². The van der Waals surface area contributed by atoms with Gasteiger partial charge in [-0.15, -0.1) is 0 Å². The number of amides is 2. The van der Waals surface area contributed by atoms with Crippen molar-refractivity contribution in [2.45, 2.75) is 25.7 Å². The highest BCUT2D eigenvalue weighted by molar-refractivity contribution is 5.99. The van der Waals surface area contributed by atoms with Crippen LogP contribution in [0.3, 0.4) is 0 Å². The summed E-state index contributed by atoms with van der Waals surface area (Å²) in [5.41, 5.74) is 2.10. The molecule has 0 N–H and O–H groups in total. The van der Waals surface area contributed by atoms with Gasteiger partial charge in [0.15, 0.2) is 0 Å². The summed E-state index contributed by atoms with van der Waals surface area (Å²) in [7, 11) is 0. The standard InChI is InChI=1S/C26H28FN3O3/c27-23-5-6-24-21(13-23)12-22(17-33-24)26(32)30-10-7-20(16-30)19-4-2-9-29(15-19)25(31)11-18-3-1-8-28-14-18/h1,3,5-6,8,12-14,19-20H,2,4,7,9-11,15-17H2. The number of rotatable bonds is 4. The topological polar surface area (TPSA) is 62.7 Å². The lowest BCUT2D eigenvalue weighted by Crippen LogP contribution is -2.43. The predicted octanol–water partition coefficient (Wildman–Crippen LogP) is 3.33. The maximum atomic E-state index is 13.6. The van der Waals surface area contributed by atoms with Gasteiger partial charge in [0.2, 0.25) is 5.91 Å². The van der Waals surface area contributed by atoms with Gasteiger partial charge in [0, 0.05) is 44.1 Å². The zero-order valence-electron chi connectivity index (χ0n) is 18.6. The number of aromatic nitrogens is 1. The van der Waals surface area contributed by atoms with Gasteiger partial charge in [-0.05, 0) is 67.0 Å². The van der Waals surface area contributed by atoms with Crippen LogP contribution in [0.15, 0.2) is 48.3 Å². The number of carbonyl (C=O) groups is 2. The molecule has 33 heavy (non-hydrogen) atoms. The van der Waals surface area contributed by atoms with Crippen molar-refractivity contribution in [1.29, 1.82) is 0 Å². The van der Waals surface area contributed by atoms with E-state index in [1.165, 1.54) is 12.1 Å². The number of carbonyl (C=O) groups excluding carboxylic acids is 2. The minimum Gasteiger partial charge on any atom is -0.488 e. The summed E-state index contributed by atoms with van der Waals surface area (Å²) in [6.07, 6.45) is 8.61. The third-order valence-electron chi connectivity index (χ3n) is 7.03. The number of likely N-dealkylation sites (tertiary alicyclic amines) is 2. The third-order valence-corrected chi connectivity index (χ3v) is 7.03. The molecule has 2 unspecified atom stereocenters. The third kappa shape index (κ3) is 4.77. The van der Waals surface area contributed by atoms with Crippen LogP contribution in [0.25, 0.3) is 6.08 Å². The zero-order valence-corrected chi connectivity index (χ0v) is 18.6. The fraction of sp³-hybridized carbons (Fsp3) is 0.423. The Kier molecular flexibility index (Phi) is 6.11. The van der Waals surface area contributed by atoms with E-state index in [1.807, 2.05) is 21.9 Å². The number of benzene rings is 1. The molecule has 6 nitrogen and oxygen atoms in total. The zero-order chi connectivity index (χ0) is 22.8. The van der Waals surface area contributed by atoms with Gasteiger partial charge in [0.25, 0.3) is 5.91 Å². The van der Waals surface area contributed by atoms with Crippen molar-refractivity contribution in [1.82, 2.24) is 14.8 Å². The second kappa shape index (κ2) is 9.33. The van der Waals surface area contributed by atoms with Crippen LogP contribution in [0.4, 0.5) is 4.39 Å². The molecule has 0 spiro atoms. The highest BCUT2D eigenvalue weighted by Crippen LogP contribution is 2.33. The Bertz CT molecular complexity index is 1070. The number of halogens is 1. The van der Waals surface area contributed by atoms with Gasteiger partial charge in [-0.3, -0.25) is 14.6 Å². The van der Waals surface area contributed by atoms with Crippen molar-refractivity contribution in [3.63, 3.8) is 0 Å². The minimum absolute atomic E-state index is 0.0345. The Morgan fingerprint density at radius 2 is 1.94 bits per heavy atom. The van der Waals surface area contributed by atoms with Gasteiger partial charge in [0.05, 0.1) is 12.0 Å². The van der Waals surface area contributed by atoms with E-state index in [-0.39, 0.29) is 24.2 Å². The quantitative estimate of drug-likeness (QED) is 0.719. The highest BCUT2D eigenvalue weighted by atomic mass is 19.1. The summed E-state index contributed by atoms with van der Waals surface area (Å²) in [6, 6.07) is 8.14. The molecule has 0 bridgehead atoms. The van der Waals surface area contributed by atoms with Gasteiger partial charge in [-0.2, -0.15) is 0 Å². The van der Waals surface area contributed by atoms with E-state index >= 15 is 0 Å². The van der Waals surface area contributed by atoms with Crippen molar-refractivity contribution in [2.24, 2.45) is 11.8 Å². The fourth-order valence-corrected chi connectivity index (χ4v) is 5.24. The molecule has 0 saturated carbocycles. The first-order valence-electron chi connectivity index (χ1n) is 11.7. The second-order valence-corrected chi connectivity index (χ2v) is 9.22. The van der Waals surface area contributed by atoms with E-state index in [1.54, 1.807) is 24.5 Å². The number of nitrogens with zero attached hydrogens (tertiary/aromatic N) is 3. The molecule has 7 heteroatoms. The lowest BCUT2D eigenvalue weighted by Gasteiger charge is -2.36. The van der Waals surface area contributed by atoms with Gasteiger partial charge in [-0.1, -0.05) is 6.07 Å². The first kappa shape index (κ1) is 21.6. The Labute approximate surface area is 193 Å². The summed E-state index contributed by atoms with van der Waals surface area (Å²) >= 11 is 0. The van der Waals surface area contributed by atoms with Crippen molar-refractivity contribution in [3.05, 3.63) is 65.2 Å². The predicted molar refractivity (Wildman–Crippen MR) is 122 cm³/mol. The summed E-state index contributed by atoms with van der Waals surface area (Å²) in [4.78, 5) is 33.9. The number of hydrogen-bond donors (Lipinski definition) is 0. The minimum atomic E-state index is -0.344. The van der Waals surface area contributed by atoms with Crippen LogP contribution in [0.2, 0.25) is 0 Å². The molecule has 2 atom stereocenters. The SMILES string of the molecule is O=C(Cc1cccnc1)N1CCCC(C2CCN(C(=O)C3=Cc4cc(F)ccc4OC3)C2)C1. The Balaban J connectivity index is 1.19. The molecule has 3 aliphatic heterocycles. The normalized spacial score (nSPS) is 22.4. The first-order valence-corrected chi connectivity index (χ1v) is 11.7. The van der Waals surface area contributed by atoms with Gasteiger partial charge >= 0.3 is 0 Å². The highest BCUT2D eigenvalue weighted by Gasteiger charge is 2.36. The molecule has 2 aromatic rings. The second-order valence-electron chi connectivity index (χ2n) is 9.22. The average Bonchev–Trinajstić information content (AvgIpc) is 3.34. The molecule has 2 fully saturated rings. The summed E-state index contributed by atoms with van der Waals surface area (Å²) in [5, 5.41) is 0. The fourth-order valence-electron chi connectivity index (χ4n) is 5.24. The number of pyridine rings is 1. The maximum Gasteiger partial charge on any atom is 0.253 e. The molecule has 1 aromatic heterocycles. The van der Waals surface area contributed by atoms with Crippen LogP contribution in [-0.4, -0.2) is 59.4 Å². The van der Waals surface area contributed by atoms with E-state index in [0.717, 1.165) is 37.9 Å². The first-order chi connectivity index (χ1) is 16.1. The molecule has 0 radical (unpaired) electrons. The molecule has 1 aromatic carbocycles. The molecular formula is C26H28FN3O3. The molecular weight excluding hydrogens is 421 g/mol. The Morgan fingerprint density at radius 1 is 1.09 bits per heavy atom. The molecule has 2 amide bonds. The van der Waals surface area contributed by atoms with E-state index in [4.69, 9.17) is 4.74 Å². The number of hydrogen-bond acceptors (Lipinski definition) is 4. The van der Waals surface area contributed by atoms with E-state index in [0.29, 0.717) is 48.2 Å². The van der Waals surface area contributed by atoms with E-state index < -0.39 is 0 Å². The average molecular weight is 450 g/mol. The van der Waals surface area contributed by atoms with Gasteiger partial charge < -0.3 is 14.5 Å². The maximum absolute atomic E-state index is 13.6. The van der Waals surface area contributed by atoms with Crippen LogP contribution in [0.1, 0.15) is 30.4 Å². The molecule has 2 saturated heterocycles. The molecule has 0 aliphatic carbocycles. The van der Waals surface area contributed by atoms with Crippen LogP contribution in [-0.2, 0) is 16.0 Å². The molecule has 3 aliphatic rings. The van der Waals surface area contributed by atoms with Crippen molar-refractivity contribution in [3.8, 4) is 5.75 Å². The molecule has 172 valence electrons.